The first-order chi connectivity index (χ1) is 5.66. The average molecular weight is 207 g/mol. The van der Waals surface area contributed by atoms with Crippen molar-refractivity contribution in [2.24, 2.45) is 0 Å². The van der Waals surface area contributed by atoms with Gasteiger partial charge in [0.15, 0.2) is 5.12 Å². The van der Waals surface area contributed by atoms with E-state index in [-0.39, 0.29) is 16.8 Å². The molecule has 0 fully saturated rings. The summed E-state index contributed by atoms with van der Waals surface area (Å²) in [6.07, 6.45) is 1.98. The highest BCUT2D eigenvalue weighted by molar-refractivity contribution is 8.14. The van der Waals surface area contributed by atoms with E-state index in [0.717, 1.165) is 17.5 Å². The van der Waals surface area contributed by atoms with Gasteiger partial charge in [0.25, 0.3) is 0 Å². The Balaban J connectivity index is 3.28. The van der Waals surface area contributed by atoms with Crippen molar-refractivity contribution in [1.82, 2.24) is 5.32 Å². The minimum atomic E-state index is -0.0655. The van der Waals surface area contributed by atoms with Crippen LogP contribution in [0.15, 0.2) is 0 Å². The van der Waals surface area contributed by atoms with Crippen LogP contribution >= 0.6 is 23.5 Å². The summed E-state index contributed by atoms with van der Waals surface area (Å²) in [5.74, 6) is 1.09. The van der Waals surface area contributed by atoms with Gasteiger partial charge in [-0.3, -0.25) is 9.59 Å². The molecule has 0 heterocycles. The Morgan fingerprint density at radius 1 is 1.42 bits per heavy atom. The van der Waals surface area contributed by atoms with E-state index in [1.807, 2.05) is 6.26 Å². The van der Waals surface area contributed by atoms with Crippen molar-refractivity contribution in [3.63, 3.8) is 0 Å². The van der Waals surface area contributed by atoms with Crippen LogP contribution in [0.1, 0.15) is 6.92 Å². The van der Waals surface area contributed by atoms with E-state index < -0.39 is 0 Å². The second-order valence-electron chi connectivity index (χ2n) is 2.12. The predicted octanol–water partition coefficient (Wildman–Crippen LogP) is 0.745. The Kier molecular flexibility index (Phi) is 7.39. The van der Waals surface area contributed by atoms with Gasteiger partial charge in [-0.1, -0.05) is 11.8 Å². The summed E-state index contributed by atoms with van der Waals surface area (Å²) < 4.78 is 0. The number of nitrogens with one attached hydrogen (secondary N) is 1. The maximum absolute atomic E-state index is 10.9. The first kappa shape index (κ1) is 11.8. The molecule has 0 aromatic heterocycles. The number of thioether (sulfide) groups is 2. The van der Waals surface area contributed by atoms with Crippen molar-refractivity contribution >= 4 is 34.5 Å². The molecule has 0 aliphatic rings. The van der Waals surface area contributed by atoms with Crippen molar-refractivity contribution in [2.45, 2.75) is 6.92 Å². The van der Waals surface area contributed by atoms with Crippen LogP contribution < -0.4 is 5.32 Å². The first-order valence-corrected chi connectivity index (χ1v) is 5.93. The first-order valence-electron chi connectivity index (χ1n) is 3.56. The molecule has 3 nitrogen and oxygen atoms in total. The second kappa shape index (κ2) is 7.49. The number of carbonyl (C=O) groups is 2. The third kappa shape index (κ3) is 7.94. The highest BCUT2D eigenvalue weighted by atomic mass is 32.2. The zero-order chi connectivity index (χ0) is 9.40. The van der Waals surface area contributed by atoms with Gasteiger partial charge in [0.05, 0.1) is 5.75 Å². The van der Waals surface area contributed by atoms with E-state index in [4.69, 9.17) is 0 Å². The molecule has 0 radical (unpaired) electrons. The molecule has 0 rings (SSSR count). The summed E-state index contributed by atoms with van der Waals surface area (Å²) in [6.45, 7) is 2.14. The van der Waals surface area contributed by atoms with E-state index in [9.17, 15) is 9.59 Å². The van der Waals surface area contributed by atoms with Crippen LogP contribution in [0.5, 0.6) is 0 Å². The van der Waals surface area contributed by atoms with Gasteiger partial charge in [-0.25, -0.2) is 0 Å². The van der Waals surface area contributed by atoms with Crippen molar-refractivity contribution in [3.8, 4) is 0 Å². The quantitative estimate of drug-likeness (QED) is 0.676. The molecule has 0 saturated carbocycles. The molecule has 12 heavy (non-hydrogen) atoms. The van der Waals surface area contributed by atoms with E-state index in [1.165, 1.54) is 6.92 Å². The molecular weight excluding hydrogens is 194 g/mol. The fourth-order valence-electron chi connectivity index (χ4n) is 0.511. The number of amides is 1. The normalized spacial score (nSPS) is 9.50. The fraction of sp³-hybridized carbons (Fsp3) is 0.714. The summed E-state index contributed by atoms with van der Waals surface area (Å²) in [5.41, 5.74) is 0. The summed E-state index contributed by atoms with van der Waals surface area (Å²) in [4.78, 5) is 21.4. The van der Waals surface area contributed by atoms with Gasteiger partial charge in [0.1, 0.15) is 0 Å². The molecule has 1 amide bonds. The summed E-state index contributed by atoms with van der Waals surface area (Å²) >= 11 is 2.72. The molecule has 1 N–H and O–H groups in total. The molecule has 70 valence electrons. The third-order valence-corrected chi connectivity index (χ3v) is 2.46. The minimum absolute atomic E-state index is 0.0185. The van der Waals surface area contributed by atoms with Crippen molar-refractivity contribution in [3.05, 3.63) is 0 Å². The monoisotopic (exact) mass is 207 g/mol. The largest absolute Gasteiger partial charge is 0.355 e. The molecule has 0 aromatic carbocycles. The number of rotatable bonds is 5. The van der Waals surface area contributed by atoms with Gasteiger partial charge in [0.2, 0.25) is 5.91 Å². The molecule has 0 atom stereocenters. The van der Waals surface area contributed by atoms with E-state index in [0.29, 0.717) is 6.54 Å². The zero-order valence-corrected chi connectivity index (χ0v) is 8.89. The standard InChI is InChI=1S/C7H13NO2S2/c1-6(9)12-5-7(10)8-3-4-11-2/h3-5H2,1-2H3,(H,8,10). The molecule has 0 spiro atoms. The molecule has 0 saturated heterocycles. The second-order valence-corrected chi connectivity index (χ2v) is 4.26. The summed E-state index contributed by atoms with van der Waals surface area (Å²) in [7, 11) is 0. The summed E-state index contributed by atoms with van der Waals surface area (Å²) in [6, 6.07) is 0. The third-order valence-electron chi connectivity index (χ3n) is 1.03. The van der Waals surface area contributed by atoms with Crippen LogP contribution in [0.25, 0.3) is 0 Å². The Labute approximate surface area is 81.0 Å². The number of hydrogen-bond donors (Lipinski definition) is 1. The van der Waals surface area contributed by atoms with Gasteiger partial charge in [-0.2, -0.15) is 11.8 Å². The lowest BCUT2D eigenvalue weighted by Crippen LogP contribution is -2.27. The highest BCUT2D eigenvalue weighted by Gasteiger charge is 2.01. The summed E-state index contributed by atoms with van der Waals surface area (Å²) in [5, 5.41) is 2.69. The van der Waals surface area contributed by atoms with E-state index >= 15 is 0 Å². The van der Waals surface area contributed by atoms with Crippen LogP contribution in [0, 0.1) is 0 Å². The fourth-order valence-corrected chi connectivity index (χ4v) is 1.25. The lowest BCUT2D eigenvalue weighted by molar-refractivity contribution is -0.118. The van der Waals surface area contributed by atoms with Crippen LogP contribution in [0.3, 0.4) is 0 Å². The average Bonchev–Trinajstić information content (AvgIpc) is 2.01. The van der Waals surface area contributed by atoms with Gasteiger partial charge in [-0.05, 0) is 6.26 Å². The Hall–Kier alpha value is -0.160. The molecule has 0 aliphatic carbocycles. The van der Waals surface area contributed by atoms with Crippen LogP contribution in [0.4, 0.5) is 0 Å². The number of carbonyl (C=O) groups excluding carboxylic acids is 2. The lowest BCUT2D eigenvalue weighted by Gasteiger charge is -2.01. The zero-order valence-electron chi connectivity index (χ0n) is 7.25. The topological polar surface area (TPSA) is 46.2 Å². The Morgan fingerprint density at radius 2 is 2.08 bits per heavy atom. The number of hydrogen-bond acceptors (Lipinski definition) is 4. The van der Waals surface area contributed by atoms with Crippen LogP contribution in [0.2, 0.25) is 0 Å². The van der Waals surface area contributed by atoms with E-state index in [1.54, 1.807) is 11.8 Å². The van der Waals surface area contributed by atoms with Crippen molar-refractivity contribution in [1.29, 1.82) is 0 Å². The van der Waals surface area contributed by atoms with E-state index in [2.05, 4.69) is 5.32 Å². The highest BCUT2D eigenvalue weighted by Crippen LogP contribution is 1.99. The Morgan fingerprint density at radius 3 is 2.58 bits per heavy atom. The maximum atomic E-state index is 10.9. The van der Waals surface area contributed by atoms with Crippen molar-refractivity contribution in [2.75, 3.05) is 24.3 Å². The Bertz CT molecular complexity index is 161. The molecule has 0 aliphatic heterocycles. The lowest BCUT2D eigenvalue weighted by atomic mass is 10.6. The molecule has 0 aromatic rings. The SMILES string of the molecule is CSCCNC(=O)CSC(C)=O. The molecule has 5 heteroatoms. The van der Waals surface area contributed by atoms with Gasteiger partial charge < -0.3 is 5.32 Å². The van der Waals surface area contributed by atoms with Gasteiger partial charge in [-0.15, -0.1) is 0 Å². The minimum Gasteiger partial charge on any atom is -0.355 e. The predicted molar refractivity (Wildman–Crippen MR) is 54.5 cm³/mol. The van der Waals surface area contributed by atoms with Gasteiger partial charge >= 0.3 is 0 Å². The van der Waals surface area contributed by atoms with Gasteiger partial charge in [0, 0.05) is 19.2 Å². The van der Waals surface area contributed by atoms with Crippen molar-refractivity contribution < 1.29 is 9.59 Å². The van der Waals surface area contributed by atoms with Crippen LogP contribution in [-0.4, -0.2) is 35.3 Å². The van der Waals surface area contributed by atoms with Crippen LogP contribution in [-0.2, 0) is 9.59 Å². The maximum Gasteiger partial charge on any atom is 0.230 e. The molecular formula is C7H13NO2S2. The smallest absolute Gasteiger partial charge is 0.230 e. The molecule has 0 unspecified atom stereocenters. The molecule has 0 bridgehead atoms.